The molecular formula is C11H19NO2. The molecule has 0 aromatic rings. The molecule has 3 nitrogen and oxygen atoms in total. The summed E-state index contributed by atoms with van der Waals surface area (Å²) >= 11 is 0. The Bertz CT molecular complexity index is 225. The predicted octanol–water partition coefficient (Wildman–Crippen LogP) is 1.94. The zero-order valence-electron chi connectivity index (χ0n) is 9.19. The average Bonchev–Trinajstić information content (AvgIpc) is 2.44. The number of carbonyl (C=O) groups excluding carboxylic acids is 1. The van der Waals surface area contributed by atoms with Gasteiger partial charge in [-0.05, 0) is 27.2 Å². The number of hydrogen-bond acceptors (Lipinski definition) is 2. The quantitative estimate of drug-likeness (QED) is 0.644. The zero-order valence-corrected chi connectivity index (χ0v) is 9.19. The standard InChI is InChI=1S/C11H19NO2/c1-4-5-10(3)14-8-12-9(2)6-7-11(12)13/h4-5,9-10H,6-8H2,1-3H3/b5-4+/t9-,10?/m1/s1. The number of nitrogens with zero attached hydrogens (tertiary/aromatic N) is 1. The van der Waals surface area contributed by atoms with E-state index in [2.05, 4.69) is 6.92 Å². The monoisotopic (exact) mass is 197 g/mol. The van der Waals surface area contributed by atoms with Crippen LogP contribution in [0.1, 0.15) is 33.6 Å². The van der Waals surface area contributed by atoms with Crippen LogP contribution in [0.5, 0.6) is 0 Å². The highest BCUT2D eigenvalue weighted by atomic mass is 16.5. The Morgan fingerprint density at radius 1 is 1.71 bits per heavy atom. The van der Waals surface area contributed by atoms with Crippen LogP contribution in [-0.4, -0.2) is 29.7 Å². The number of allylic oxidation sites excluding steroid dienone is 1. The van der Waals surface area contributed by atoms with Crippen molar-refractivity contribution in [3.05, 3.63) is 12.2 Å². The van der Waals surface area contributed by atoms with Crippen LogP contribution < -0.4 is 0 Å². The van der Waals surface area contributed by atoms with Crippen LogP contribution in [0.4, 0.5) is 0 Å². The highest BCUT2D eigenvalue weighted by Gasteiger charge is 2.27. The smallest absolute Gasteiger partial charge is 0.224 e. The predicted molar refractivity (Wildman–Crippen MR) is 55.8 cm³/mol. The second kappa shape index (κ2) is 5.15. The first-order valence-electron chi connectivity index (χ1n) is 5.19. The van der Waals surface area contributed by atoms with Gasteiger partial charge in [0.1, 0.15) is 6.73 Å². The van der Waals surface area contributed by atoms with Crippen LogP contribution in [-0.2, 0) is 9.53 Å². The van der Waals surface area contributed by atoms with Crippen LogP contribution in [0.15, 0.2) is 12.2 Å². The molecule has 1 fully saturated rings. The van der Waals surface area contributed by atoms with Gasteiger partial charge in [0.05, 0.1) is 6.10 Å². The molecule has 0 aromatic carbocycles. The van der Waals surface area contributed by atoms with E-state index < -0.39 is 0 Å². The Labute approximate surface area is 85.7 Å². The van der Waals surface area contributed by atoms with Gasteiger partial charge in [0, 0.05) is 12.5 Å². The van der Waals surface area contributed by atoms with Crippen molar-refractivity contribution in [2.24, 2.45) is 0 Å². The molecule has 1 unspecified atom stereocenters. The van der Waals surface area contributed by atoms with Crippen molar-refractivity contribution < 1.29 is 9.53 Å². The fourth-order valence-corrected chi connectivity index (χ4v) is 1.60. The van der Waals surface area contributed by atoms with Gasteiger partial charge in [-0.2, -0.15) is 0 Å². The van der Waals surface area contributed by atoms with E-state index in [1.54, 1.807) is 4.90 Å². The molecule has 0 N–H and O–H groups in total. The summed E-state index contributed by atoms with van der Waals surface area (Å²) in [4.78, 5) is 13.2. The maximum absolute atomic E-state index is 11.4. The second-order valence-corrected chi connectivity index (χ2v) is 3.78. The van der Waals surface area contributed by atoms with Gasteiger partial charge in [-0.3, -0.25) is 4.79 Å². The number of carbonyl (C=O) groups is 1. The van der Waals surface area contributed by atoms with Crippen molar-refractivity contribution in [3.63, 3.8) is 0 Å². The number of hydrogen-bond donors (Lipinski definition) is 0. The molecule has 0 radical (unpaired) electrons. The average molecular weight is 197 g/mol. The van der Waals surface area contributed by atoms with E-state index in [1.807, 2.05) is 26.0 Å². The molecule has 1 rings (SSSR count). The molecule has 1 aliphatic heterocycles. The third kappa shape index (κ3) is 2.84. The highest BCUT2D eigenvalue weighted by molar-refractivity contribution is 5.78. The first-order valence-corrected chi connectivity index (χ1v) is 5.19. The van der Waals surface area contributed by atoms with E-state index in [0.29, 0.717) is 19.2 Å². The lowest BCUT2D eigenvalue weighted by molar-refractivity contribution is -0.135. The van der Waals surface area contributed by atoms with E-state index in [9.17, 15) is 4.79 Å². The third-order valence-corrected chi connectivity index (χ3v) is 2.57. The summed E-state index contributed by atoms with van der Waals surface area (Å²) in [7, 11) is 0. The normalized spacial score (nSPS) is 24.9. The molecule has 14 heavy (non-hydrogen) atoms. The molecule has 0 aliphatic carbocycles. The van der Waals surface area contributed by atoms with Gasteiger partial charge in [0.25, 0.3) is 0 Å². The Morgan fingerprint density at radius 3 is 2.93 bits per heavy atom. The molecule has 2 atom stereocenters. The van der Waals surface area contributed by atoms with Crippen molar-refractivity contribution in [2.45, 2.75) is 45.8 Å². The first-order chi connectivity index (χ1) is 6.65. The molecule has 0 bridgehead atoms. The minimum absolute atomic E-state index is 0.0839. The summed E-state index contributed by atoms with van der Waals surface area (Å²) in [6.07, 6.45) is 5.65. The van der Waals surface area contributed by atoms with E-state index in [4.69, 9.17) is 4.74 Å². The van der Waals surface area contributed by atoms with Gasteiger partial charge in [-0.1, -0.05) is 12.2 Å². The van der Waals surface area contributed by atoms with Crippen molar-refractivity contribution in [1.82, 2.24) is 4.90 Å². The van der Waals surface area contributed by atoms with E-state index in [-0.39, 0.29) is 12.0 Å². The number of likely N-dealkylation sites (tertiary alicyclic amines) is 1. The van der Waals surface area contributed by atoms with Gasteiger partial charge in [-0.25, -0.2) is 0 Å². The number of ether oxygens (including phenoxy) is 1. The third-order valence-electron chi connectivity index (χ3n) is 2.57. The molecule has 1 aliphatic rings. The Hall–Kier alpha value is -0.830. The van der Waals surface area contributed by atoms with Gasteiger partial charge in [-0.15, -0.1) is 0 Å². The largest absolute Gasteiger partial charge is 0.354 e. The van der Waals surface area contributed by atoms with Crippen LogP contribution in [0.25, 0.3) is 0 Å². The van der Waals surface area contributed by atoms with Crippen LogP contribution in [0.3, 0.4) is 0 Å². The fourth-order valence-electron chi connectivity index (χ4n) is 1.60. The van der Waals surface area contributed by atoms with Gasteiger partial charge in [0.15, 0.2) is 0 Å². The minimum atomic E-state index is 0.0839. The van der Waals surface area contributed by atoms with Crippen molar-refractivity contribution in [1.29, 1.82) is 0 Å². The van der Waals surface area contributed by atoms with Crippen LogP contribution in [0, 0.1) is 0 Å². The lowest BCUT2D eigenvalue weighted by atomic mass is 10.2. The van der Waals surface area contributed by atoms with Crippen molar-refractivity contribution >= 4 is 5.91 Å². The molecule has 0 spiro atoms. The number of amides is 1. The van der Waals surface area contributed by atoms with Crippen molar-refractivity contribution in [2.75, 3.05) is 6.73 Å². The molecule has 0 saturated carbocycles. The molecule has 80 valence electrons. The van der Waals surface area contributed by atoms with Gasteiger partial charge in [0.2, 0.25) is 5.91 Å². The highest BCUT2D eigenvalue weighted by Crippen LogP contribution is 2.17. The first kappa shape index (κ1) is 11.2. The summed E-state index contributed by atoms with van der Waals surface area (Å²) in [5.74, 6) is 0.213. The molecule has 0 aromatic heterocycles. The Kier molecular flexibility index (Phi) is 4.14. The molecule has 1 amide bonds. The topological polar surface area (TPSA) is 29.5 Å². The van der Waals surface area contributed by atoms with E-state index in [1.165, 1.54) is 0 Å². The maximum atomic E-state index is 11.4. The zero-order chi connectivity index (χ0) is 10.6. The summed E-state index contributed by atoms with van der Waals surface area (Å²) in [6, 6.07) is 0.334. The van der Waals surface area contributed by atoms with Crippen LogP contribution >= 0.6 is 0 Å². The Balaban J connectivity index is 2.33. The summed E-state index contributed by atoms with van der Waals surface area (Å²) < 4.78 is 5.53. The lowest BCUT2D eigenvalue weighted by Crippen LogP contribution is -2.34. The SMILES string of the molecule is C/C=C/C(C)OCN1C(=O)CC[C@H]1C. The van der Waals surface area contributed by atoms with Gasteiger partial charge >= 0.3 is 0 Å². The molecule has 1 heterocycles. The molecular weight excluding hydrogens is 178 g/mol. The van der Waals surface area contributed by atoms with E-state index in [0.717, 1.165) is 6.42 Å². The molecule has 3 heteroatoms. The lowest BCUT2D eigenvalue weighted by Gasteiger charge is -2.22. The van der Waals surface area contributed by atoms with Crippen molar-refractivity contribution in [3.8, 4) is 0 Å². The summed E-state index contributed by atoms with van der Waals surface area (Å²) in [6.45, 7) is 6.43. The second-order valence-electron chi connectivity index (χ2n) is 3.78. The maximum Gasteiger partial charge on any atom is 0.224 e. The molecule has 1 saturated heterocycles. The van der Waals surface area contributed by atoms with Gasteiger partial charge < -0.3 is 9.64 Å². The van der Waals surface area contributed by atoms with Crippen LogP contribution in [0.2, 0.25) is 0 Å². The Morgan fingerprint density at radius 2 is 2.43 bits per heavy atom. The van der Waals surface area contributed by atoms with E-state index >= 15 is 0 Å². The summed E-state index contributed by atoms with van der Waals surface area (Å²) in [5, 5.41) is 0. The fraction of sp³-hybridized carbons (Fsp3) is 0.727. The number of rotatable bonds is 4. The summed E-state index contributed by atoms with van der Waals surface area (Å²) in [5.41, 5.74) is 0. The minimum Gasteiger partial charge on any atom is -0.354 e.